The molecule has 1 aromatic carbocycles. The Morgan fingerprint density at radius 2 is 2.05 bits per heavy atom. The normalized spacial score (nSPS) is 16.5. The number of oxazole rings is 1. The fourth-order valence-corrected chi connectivity index (χ4v) is 5.97. The maximum Gasteiger partial charge on any atom is 0.277 e. The number of rotatable bonds is 7. The van der Waals surface area contributed by atoms with E-state index < -0.39 is 8.32 Å². The molecule has 1 unspecified atom stereocenters. The molecule has 1 atom stereocenters. The minimum Gasteiger partial charge on any atom is -0.444 e. The van der Waals surface area contributed by atoms with E-state index in [1.165, 1.54) is 6.26 Å². The summed E-state index contributed by atoms with van der Waals surface area (Å²) in [4.78, 5) is 24.4. The predicted octanol–water partition coefficient (Wildman–Crippen LogP) is 6.42. The molecule has 10 heteroatoms. The zero-order valence-electron chi connectivity index (χ0n) is 24.6. The van der Waals surface area contributed by atoms with Crippen molar-refractivity contribution in [3.63, 3.8) is 0 Å². The number of aryl methyl sites for hydroxylation is 2. The summed E-state index contributed by atoms with van der Waals surface area (Å²) >= 11 is 0. The number of anilines is 2. The summed E-state index contributed by atoms with van der Waals surface area (Å²) in [5, 5.41) is 8.89. The van der Waals surface area contributed by atoms with Gasteiger partial charge in [0.2, 0.25) is 5.89 Å². The van der Waals surface area contributed by atoms with Crippen LogP contribution in [0.15, 0.2) is 47.3 Å². The lowest BCUT2D eigenvalue weighted by atomic mass is 9.98. The second-order valence-corrected chi connectivity index (χ2v) is 17.2. The van der Waals surface area contributed by atoms with Crippen LogP contribution >= 0.6 is 0 Å². The summed E-state index contributed by atoms with van der Waals surface area (Å²) in [5.74, 6) is 0.493. The van der Waals surface area contributed by atoms with Gasteiger partial charge in [-0.05, 0) is 68.1 Å². The SMILES string of the molecule is Cc1cc(-c2nc(C(=O)Nc3cc4cn(C)nc4cc3N3CCCC(CO[Si](C)(C)C(C)(C)C)C3)co2)ccn1. The van der Waals surface area contributed by atoms with Crippen molar-refractivity contribution in [3.05, 3.63) is 54.3 Å². The van der Waals surface area contributed by atoms with E-state index in [0.29, 0.717) is 11.8 Å². The Balaban J connectivity index is 1.38. The second-order valence-electron chi connectivity index (χ2n) is 12.4. The minimum absolute atomic E-state index is 0.181. The molecular weight excluding hydrogens is 520 g/mol. The van der Waals surface area contributed by atoms with Crippen molar-refractivity contribution in [2.45, 2.75) is 58.7 Å². The van der Waals surface area contributed by atoms with Crippen LogP contribution in [0.4, 0.5) is 11.4 Å². The van der Waals surface area contributed by atoms with Gasteiger partial charge in [-0.3, -0.25) is 14.5 Å². The summed E-state index contributed by atoms with van der Waals surface area (Å²) in [6.45, 7) is 15.9. The number of benzene rings is 1. The third kappa shape index (κ3) is 5.97. The highest BCUT2D eigenvalue weighted by atomic mass is 28.4. The summed E-state index contributed by atoms with van der Waals surface area (Å²) < 4.78 is 14.0. The molecule has 40 heavy (non-hydrogen) atoms. The van der Waals surface area contributed by atoms with Crippen LogP contribution < -0.4 is 10.2 Å². The number of hydrogen-bond acceptors (Lipinski definition) is 7. The van der Waals surface area contributed by atoms with Crippen LogP contribution in [0.25, 0.3) is 22.4 Å². The molecule has 1 saturated heterocycles. The molecule has 0 spiro atoms. The molecule has 1 fully saturated rings. The molecule has 0 radical (unpaired) electrons. The maximum atomic E-state index is 13.4. The number of pyridine rings is 1. The third-order valence-electron chi connectivity index (χ3n) is 8.21. The average molecular weight is 561 g/mol. The largest absolute Gasteiger partial charge is 0.444 e. The quantitative estimate of drug-likeness (QED) is 0.260. The van der Waals surface area contributed by atoms with Crippen LogP contribution in [-0.4, -0.2) is 53.7 Å². The average Bonchev–Trinajstić information content (AvgIpc) is 3.53. The number of nitrogens with zero attached hydrogens (tertiary/aromatic N) is 5. The van der Waals surface area contributed by atoms with Crippen molar-refractivity contribution in [1.29, 1.82) is 0 Å². The molecule has 1 aliphatic heterocycles. The van der Waals surface area contributed by atoms with Crippen molar-refractivity contribution < 1.29 is 13.6 Å². The van der Waals surface area contributed by atoms with Crippen LogP contribution in [0, 0.1) is 12.8 Å². The van der Waals surface area contributed by atoms with Gasteiger partial charge in [-0.25, -0.2) is 4.98 Å². The summed E-state index contributed by atoms with van der Waals surface area (Å²) in [6, 6.07) is 7.77. The van der Waals surface area contributed by atoms with Crippen molar-refractivity contribution >= 4 is 36.5 Å². The van der Waals surface area contributed by atoms with Crippen LogP contribution in [0.1, 0.15) is 49.8 Å². The Bertz CT molecular complexity index is 1520. The highest BCUT2D eigenvalue weighted by Crippen LogP contribution is 2.38. The first-order valence-corrected chi connectivity index (χ1v) is 16.9. The van der Waals surface area contributed by atoms with Crippen LogP contribution in [0.2, 0.25) is 18.1 Å². The molecule has 4 heterocycles. The van der Waals surface area contributed by atoms with E-state index in [1.54, 1.807) is 10.9 Å². The monoisotopic (exact) mass is 560 g/mol. The van der Waals surface area contributed by atoms with Gasteiger partial charge in [0.1, 0.15) is 6.26 Å². The lowest BCUT2D eigenvalue weighted by molar-refractivity contribution is 0.102. The molecule has 1 N–H and O–H groups in total. The highest BCUT2D eigenvalue weighted by molar-refractivity contribution is 6.74. The van der Waals surface area contributed by atoms with Crippen LogP contribution in [0.3, 0.4) is 0 Å². The first kappa shape index (κ1) is 28.0. The number of nitrogens with one attached hydrogen (secondary N) is 1. The van der Waals surface area contributed by atoms with Crippen molar-refractivity contribution in [2.75, 3.05) is 29.9 Å². The van der Waals surface area contributed by atoms with Gasteiger partial charge in [-0.2, -0.15) is 5.10 Å². The molecule has 1 amide bonds. The fraction of sp³-hybridized carbons (Fsp3) is 0.467. The molecule has 0 bridgehead atoms. The van der Waals surface area contributed by atoms with Crippen molar-refractivity contribution in [2.24, 2.45) is 13.0 Å². The van der Waals surface area contributed by atoms with Crippen molar-refractivity contribution in [3.8, 4) is 11.5 Å². The van der Waals surface area contributed by atoms with E-state index in [2.05, 4.69) is 65.2 Å². The third-order valence-corrected chi connectivity index (χ3v) is 12.7. The van der Waals surface area contributed by atoms with E-state index in [9.17, 15) is 4.79 Å². The van der Waals surface area contributed by atoms with Gasteiger partial charge in [0.05, 0.1) is 16.9 Å². The predicted molar refractivity (Wildman–Crippen MR) is 161 cm³/mol. The van der Waals surface area contributed by atoms with Crippen LogP contribution in [-0.2, 0) is 11.5 Å². The smallest absolute Gasteiger partial charge is 0.277 e. The molecule has 3 aromatic heterocycles. The Morgan fingerprint density at radius 3 is 2.80 bits per heavy atom. The maximum absolute atomic E-state index is 13.4. The van der Waals surface area contributed by atoms with Crippen molar-refractivity contribution in [1.82, 2.24) is 19.7 Å². The number of carbonyl (C=O) groups excluding carboxylic acids is 1. The summed E-state index contributed by atoms with van der Waals surface area (Å²) in [7, 11) is 0.0802. The first-order chi connectivity index (χ1) is 18.9. The lowest BCUT2D eigenvalue weighted by Crippen LogP contribution is -2.44. The molecule has 9 nitrogen and oxygen atoms in total. The lowest BCUT2D eigenvalue weighted by Gasteiger charge is -2.40. The fourth-order valence-electron chi connectivity index (χ4n) is 4.88. The highest BCUT2D eigenvalue weighted by Gasteiger charge is 2.38. The Morgan fingerprint density at radius 1 is 1.25 bits per heavy atom. The topological polar surface area (TPSA) is 98.3 Å². The van der Waals surface area contributed by atoms with Crippen LogP contribution in [0.5, 0.6) is 0 Å². The Hall–Kier alpha value is -3.50. The number of piperidine rings is 1. The van der Waals surface area contributed by atoms with Gasteiger partial charge >= 0.3 is 0 Å². The molecule has 0 aliphatic carbocycles. The zero-order chi connectivity index (χ0) is 28.7. The number of hydrogen-bond donors (Lipinski definition) is 1. The molecule has 212 valence electrons. The number of fused-ring (bicyclic) bond motifs is 1. The zero-order valence-corrected chi connectivity index (χ0v) is 25.6. The van der Waals surface area contributed by atoms with Gasteiger partial charge in [0.25, 0.3) is 5.91 Å². The van der Waals surface area contributed by atoms with Gasteiger partial charge in [-0.1, -0.05) is 20.8 Å². The van der Waals surface area contributed by atoms with E-state index in [1.807, 2.05) is 38.4 Å². The number of carbonyl (C=O) groups is 1. The minimum atomic E-state index is -1.83. The molecule has 4 aromatic rings. The van der Waals surface area contributed by atoms with E-state index in [4.69, 9.17) is 8.84 Å². The summed E-state index contributed by atoms with van der Waals surface area (Å²) in [6.07, 6.45) is 7.26. The Kier molecular flexibility index (Phi) is 7.58. The van der Waals surface area contributed by atoms with Gasteiger partial charge < -0.3 is 19.1 Å². The van der Waals surface area contributed by atoms with Gasteiger partial charge in [0, 0.05) is 55.8 Å². The first-order valence-electron chi connectivity index (χ1n) is 14.0. The molecule has 1 aliphatic rings. The standard InChI is InChI=1S/C30H40N6O3Si/c1-20-13-22(10-11-31-20)29-33-26(19-38-29)28(37)32-25-14-23-17-35(5)34-24(23)15-27(25)36-12-8-9-21(16-36)18-39-40(6,7)30(2,3)4/h10-11,13-15,17,19,21H,8-9,12,16,18H2,1-7H3,(H,32,37). The summed E-state index contributed by atoms with van der Waals surface area (Å²) in [5.41, 5.74) is 4.45. The van der Waals surface area contributed by atoms with E-state index >= 15 is 0 Å². The number of amides is 1. The number of aromatic nitrogens is 4. The van der Waals surface area contributed by atoms with Gasteiger partial charge in [0.15, 0.2) is 14.0 Å². The molecule has 0 saturated carbocycles. The molecule has 5 rings (SSSR count). The molecular formula is C30H40N6O3Si. The second kappa shape index (κ2) is 10.8. The van der Waals surface area contributed by atoms with E-state index in [-0.39, 0.29) is 16.6 Å². The van der Waals surface area contributed by atoms with E-state index in [0.717, 1.165) is 66.1 Å². The Labute approximate surface area is 237 Å². The van der Waals surface area contributed by atoms with Gasteiger partial charge in [-0.15, -0.1) is 0 Å².